The van der Waals surface area contributed by atoms with Gasteiger partial charge in [-0.15, -0.1) is 0 Å². The minimum Gasteiger partial charge on any atom is -0.353 e. The van der Waals surface area contributed by atoms with Crippen LogP contribution in [-0.2, 0) is 0 Å². The molecule has 3 heterocycles. The van der Waals surface area contributed by atoms with Crippen molar-refractivity contribution in [3.63, 3.8) is 0 Å². The Kier molecular flexibility index (Phi) is 3.76. The topological polar surface area (TPSA) is 58.0 Å². The number of halogens is 1. The highest BCUT2D eigenvalue weighted by Gasteiger charge is 2.31. The lowest BCUT2D eigenvalue weighted by atomic mass is 10.2. The maximum Gasteiger partial charge on any atom is 0.186 e. The van der Waals surface area contributed by atoms with Crippen LogP contribution in [0.15, 0.2) is 12.4 Å². The van der Waals surface area contributed by atoms with E-state index in [2.05, 4.69) is 35.8 Å². The van der Waals surface area contributed by atoms with Crippen molar-refractivity contribution in [2.24, 2.45) is 0 Å². The van der Waals surface area contributed by atoms with Crippen molar-refractivity contribution in [1.29, 1.82) is 0 Å². The van der Waals surface area contributed by atoms with Crippen LogP contribution in [0.3, 0.4) is 0 Å². The number of nitrogens with zero attached hydrogens (tertiary/aromatic N) is 6. The molecule has 0 unspecified atom stereocenters. The Balaban J connectivity index is 1.32. The second-order valence-electron chi connectivity index (χ2n) is 7.63. The summed E-state index contributed by atoms with van der Waals surface area (Å²) >= 11 is 0. The third kappa shape index (κ3) is 2.99. The standard InChI is InChI=1S/C19H23FN6/c1-12-17(20)19(24-18(23-12)14-4-5-14)26-8-6-25(7-9-26)16-10-15(13-2-3-13)21-11-22-16/h10-11,13-14H,2-9H2,1H3. The lowest BCUT2D eigenvalue weighted by Crippen LogP contribution is -2.47. The van der Waals surface area contributed by atoms with E-state index in [1.54, 1.807) is 13.3 Å². The summed E-state index contributed by atoms with van der Waals surface area (Å²) in [5, 5.41) is 0. The van der Waals surface area contributed by atoms with Gasteiger partial charge in [-0.1, -0.05) is 0 Å². The lowest BCUT2D eigenvalue weighted by Gasteiger charge is -2.36. The van der Waals surface area contributed by atoms with Gasteiger partial charge in [0.25, 0.3) is 0 Å². The molecule has 1 saturated heterocycles. The Morgan fingerprint density at radius 3 is 2.31 bits per heavy atom. The minimum absolute atomic E-state index is 0.277. The molecule has 5 rings (SSSR count). The molecule has 0 amide bonds. The first-order chi connectivity index (χ1) is 12.7. The van der Waals surface area contributed by atoms with E-state index in [1.807, 2.05) is 0 Å². The normalized spacial score (nSPS) is 20.5. The third-order valence-electron chi connectivity index (χ3n) is 5.53. The molecule has 2 aromatic heterocycles. The van der Waals surface area contributed by atoms with Crippen molar-refractivity contribution in [3.8, 4) is 0 Å². The molecule has 0 radical (unpaired) electrons. The van der Waals surface area contributed by atoms with Gasteiger partial charge < -0.3 is 9.80 Å². The first-order valence-electron chi connectivity index (χ1n) is 9.55. The van der Waals surface area contributed by atoms with Crippen molar-refractivity contribution >= 4 is 11.6 Å². The number of hydrogen-bond acceptors (Lipinski definition) is 6. The van der Waals surface area contributed by atoms with Gasteiger partial charge in [0.05, 0.1) is 5.69 Å². The first-order valence-corrected chi connectivity index (χ1v) is 9.55. The molecular weight excluding hydrogens is 331 g/mol. The Morgan fingerprint density at radius 1 is 0.923 bits per heavy atom. The molecule has 1 aliphatic heterocycles. The molecular formula is C19H23FN6. The van der Waals surface area contributed by atoms with Crippen molar-refractivity contribution < 1.29 is 4.39 Å². The molecule has 3 aliphatic rings. The van der Waals surface area contributed by atoms with E-state index in [9.17, 15) is 4.39 Å². The van der Waals surface area contributed by atoms with E-state index < -0.39 is 0 Å². The van der Waals surface area contributed by atoms with Crippen LogP contribution in [0.1, 0.15) is 54.7 Å². The van der Waals surface area contributed by atoms with Crippen LogP contribution in [0.5, 0.6) is 0 Å². The van der Waals surface area contributed by atoms with Crippen LogP contribution in [-0.4, -0.2) is 46.1 Å². The van der Waals surface area contributed by atoms with Crippen LogP contribution in [0.25, 0.3) is 0 Å². The van der Waals surface area contributed by atoms with Crippen LogP contribution in [0.4, 0.5) is 16.0 Å². The van der Waals surface area contributed by atoms with Crippen LogP contribution in [0.2, 0.25) is 0 Å². The van der Waals surface area contributed by atoms with Crippen molar-refractivity contribution in [2.75, 3.05) is 36.0 Å². The summed E-state index contributed by atoms with van der Waals surface area (Å²) in [5.41, 5.74) is 1.62. The Bertz CT molecular complexity index is 825. The van der Waals surface area contributed by atoms with Gasteiger partial charge in [0.1, 0.15) is 18.0 Å². The number of rotatable bonds is 4. The fourth-order valence-electron chi connectivity index (χ4n) is 3.58. The fourth-order valence-corrected chi connectivity index (χ4v) is 3.58. The van der Waals surface area contributed by atoms with Gasteiger partial charge in [0.2, 0.25) is 0 Å². The largest absolute Gasteiger partial charge is 0.353 e. The van der Waals surface area contributed by atoms with E-state index >= 15 is 0 Å². The number of anilines is 2. The molecule has 2 aromatic rings. The summed E-state index contributed by atoms with van der Waals surface area (Å²) in [4.78, 5) is 22.1. The predicted molar refractivity (Wildman–Crippen MR) is 97.1 cm³/mol. The summed E-state index contributed by atoms with van der Waals surface area (Å²) < 4.78 is 14.6. The second kappa shape index (κ2) is 6.14. The number of piperazine rings is 1. The highest BCUT2D eigenvalue weighted by Crippen LogP contribution is 2.40. The third-order valence-corrected chi connectivity index (χ3v) is 5.53. The van der Waals surface area contributed by atoms with E-state index in [0.29, 0.717) is 23.3 Å². The van der Waals surface area contributed by atoms with Crippen LogP contribution < -0.4 is 9.80 Å². The smallest absolute Gasteiger partial charge is 0.186 e. The monoisotopic (exact) mass is 354 g/mol. The number of hydrogen-bond donors (Lipinski definition) is 0. The van der Waals surface area contributed by atoms with Crippen LogP contribution in [0, 0.1) is 12.7 Å². The van der Waals surface area contributed by atoms with Gasteiger partial charge in [-0.3, -0.25) is 0 Å². The average Bonchev–Trinajstić information content (AvgIpc) is 3.57. The molecule has 0 spiro atoms. The fraction of sp³-hybridized carbons (Fsp3) is 0.579. The molecule has 26 heavy (non-hydrogen) atoms. The quantitative estimate of drug-likeness (QED) is 0.841. The predicted octanol–water partition coefficient (Wildman–Crippen LogP) is 2.80. The van der Waals surface area contributed by atoms with Gasteiger partial charge in [0, 0.05) is 49.8 Å². The summed E-state index contributed by atoms with van der Waals surface area (Å²) in [6, 6.07) is 2.12. The van der Waals surface area contributed by atoms with E-state index in [4.69, 9.17) is 0 Å². The van der Waals surface area contributed by atoms with E-state index in [1.165, 1.54) is 12.8 Å². The van der Waals surface area contributed by atoms with Gasteiger partial charge in [-0.2, -0.15) is 0 Å². The Hall–Kier alpha value is -2.31. The molecule has 0 atom stereocenters. The van der Waals surface area contributed by atoms with Gasteiger partial charge in [0.15, 0.2) is 11.6 Å². The molecule has 0 N–H and O–H groups in total. The molecule has 6 nitrogen and oxygen atoms in total. The molecule has 2 aliphatic carbocycles. The maximum atomic E-state index is 14.6. The van der Waals surface area contributed by atoms with Crippen molar-refractivity contribution in [2.45, 2.75) is 44.4 Å². The minimum atomic E-state index is -0.277. The summed E-state index contributed by atoms with van der Waals surface area (Å²) in [6.07, 6.45) is 6.38. The number of aromatic nitrogens is 4. The van der Waals surface area contributed by atoms with Crippen molar-refractivity contribution in [3.05, 3.63) is 35.4 Å². The zero-order chi connectivity index (χ0) is 17.7. The van der Waals surface area contributed by atoms with E-state index in [0.717, 1.165) is 56.4 Å². The summed E-state index contributed by atoms with van der Waals surface area (Å²) in [6.45, 7) is 4.83. The highest BCUT2D eigenvalue weighted by atomic mass is 19.1. The summed E-state index contributed by atoms with van der Waals surface area (Å²) in [5.74, 6) is 3.04. The average molecular weight is 354 g/mol. The van der Waals surface area contributed by atoms with Crippen LogP contribution >= 0.6 is 0 Å². The summed E-state index contributed by atoms with van der Waals surface area (Å²) in [7, 11) is 0. The molecule has 3 fully saturated rings. The molecule has 136 valence electrons. The number of aryl methyl sites for hydroxylation is 1. The Labute approximate surface area is 152 Å². The maximum absolute atomic E-state index is 14.6. The van der Waals surface area contributed by atoms with E-state index in [-0.39, 0.29) is 5.82 Å². The Morgan fingerprint density at radius 2 is 1.62 bits per heavy atom. The zero-order valence-electron chi connectivity index (χ0n) is 15.0. The second-order valence-corrected chi connectivity index (χ2v) is 7.63. The van der Waals surface area contributed by atoms with Gasteiger partial charge in [-0.05, 0) is 32.6 Å². The first kappa shape index (κ1) is 15.9. The van der Waals surface area contributed by atoms with Gasteiger partial charge >= 0.3 is 0 Å². The zero-order valence-corrected chi connectivity index (χ0v) is 15.0. The molecule has 0 aromatic carbocycles. The molecule has 7 heteroatoms. The van der Waals surface area contributed by atoms with Gasteiger partial charge in [-0.25, -0.2) is 24.3 Å². The molecule has 2 saturated carbocycles. The highest BCUT2D eigenvalue weighted by molar-refractivity contribution is 5.47. The lowest BCUT2D eigenvalue weighted by molar-refractivity contribution is 0.568. The SMILES string of the molecule is Cc1nc(C2CC2)nc(N2CCN(c3cc(C4CC4)ncn3)CC2)c1F. The van der Waals surface area contributed by atoms with Crippen molar-refractivity contribution in [1.82, 2.24) is 19.9 Å². The molecule has 0 bridgehead atoms.